The summed E-state index contributed by atoms with van der Waals surface area (Å²) in [5.74, 6) is 0. The minimum atomic E-state index is -1.24. The Bertz CT molecular complexity index is 103. The van der Waals surface area contributed by atoms with Crippen LogP contribution in [0.1, 0.15) is 20.8 Å². The van der Waals surface area contributed by atoms with Crippen LogP contribution in [0.5, 0.6) is 0 Å². The summed E-state index contributed by atoms with van der Waals surface area (Å²) in [5, 5.41) is 3.35. The zero-order chi connectivity index (χ0) is 8.91. The molecular weight excluding hydrogens is 176 g/mol. The molecule has 0 heterocycles. The summed E-state index contributed by atoms with van der Waals surface area (Å²) in [4.78, 5) is 3.37. The maximum atomic E-state index is 6.19. The fraction of sp³-hybridized carbons (Fsp3) is 1.00. The first-order valence-corrected chi connectivity index (χ1v) is 6.90. The molecule has 0 rings (SSSR count). The molecular formula is C7H19ClN2Si. The van der Waals surface area contributed by atoms with Gasteiger partial charge in [-0.25, -0.2) is 0 Å². The molecule has 4 heteroatoms. The summed E-state index contributed by atoms with van der Waals surface area (Å²) in [5.41, 5.74) is 0. The molecule has 0 aliphatic rings. The fourth-order valence-electron chi connectivity index (χ4n) is 0.630. The van der Waals surface area contributed by atoms with E-state index in [2.05, 4.69) is 31.1 Å². The summed E-state index contributed by atoms with van der Waals surface area (Å²) < 4.78 is 0. The van der Waals surface area contributed by atoms with E-state index >= 15 is 0 Å². The first-order chi connectivity index (χ1) is 4.98. The van der Waals surface area contributed by atoms with Crippen LogP contribution in [-0.4, -0.2) is 28.4 Å². The Morgan fingerprint density at radius 3 is 2.18 bits per heavy atom. The highest BCUT2D eigenvalue weighted by molar-refractivity contribution is 7.07. The molecule has 0 spiro atoms. The Morgan fingerprint density at radius 1 is 1.27 bits per heavy atom. The molecule has 2 N–H and O–H groups in total. The minimum Gasteiger partial charge on any atom is -0.326 e. The molecule has 68 valence electrons. The van der Waals surface area contributed by atoms with Crippen molar-refractivity contribution >= 4 is 19.3 Å². The molecule has 0 radical (unpaired) electrons. The smallest absolute Gasteiger partial charge is 0.216 e. The van der Waals surface area contributed by atoms with Gasteiger partial charge in [-0.1, -0.05) is 20.8 Å². The van der Waals surface area contributed by atoms with E-state index in [9.17, 15) is 0 Å². The van der Waals surface area contributed by atoms with E-state index in [1.165, 1.54) is 0 Å². The lowest BCUT2D eigenvalue weighted by atomic mass is 10.3. The van der Waals surface area contributed by atoms with Gasteiger partial charge in [-0.15, -0.1) is 11.1 Å². The van der Waals surface area contributed by atoms with Crippen LogP contribution in [0.3, 0.4) is 0 Å². The van der Waals surface area contributed by atoms with Crippen LogP contribution >= 0.6 is 11.1 Å². The van der Waals surface area contributed by atoms with Crippen molar-refractivity contribution in [3.05, 3.63) is 0 Å². The molecule has 0 bridgehead atoms. The third kappa shape index (κ3) is 5.67. The molecule has 0 saturated carbocycles. The van der Waals surface area contributed by atoms with Gasteiger partial charge in [0.05, 0.1) is 0 Å². The molecule has 2 nitrogen and oxygen atoms in total. The van der Waals surface area contributed by atoms with Crippen molar-refractivity contribution in [1.82, 2.24) is 10.3 Å². The van der Waals surface area contributed by atoms with Crippen molar-refractivity contribution in [3.63, 3.8) is 0 Å². The SMILES string of the molecule is CNCCN[SiH](Cl)C(C)(C)C. The molecule has 0 aromatic rings. The van der Waals surface area contributed by atoms with Gasteiger partial charge < -0.3 is 10.3 Å². The maximum Gasteiger partial charge on any atom is 0.216 e. The second-order valence-corrected chi connectivity index (χ2v) is 7.96. The van der Waals surface area contributed by atoms with Crippen LogP contribution in [-0.2, 0) is 0 Å². The van der Waals surface area contributed by atoms with E-state index in [0.717, 1.165) is 13.1 Å². The van der Waals surface area contributed by atoms with Crippen molar-refractivity contribution in [1.29, 1.82) is 0 Å². The van der Waals surface area contributed by atoms with Gasteiger partial charge in [-0.2, -0.15) is 0 Å². The van der Waals surface area contributed by atoms with Crippen molar-refractivity contribution < 1.29 is 0 Å². The second-order valence-electron chi connectivity index (χ2n) is 3.79. The number of halogens is 1. The second kappa shape index (κ2) is 5.14. The third-order valence-corrected chi connectivity index (χ3v) is 6.05. The number of likely N-dealkylation sites (N-methyl/N-ethyl adjacent to an activating group) is 1. The Labute approximate surface area is 76.1 Å². The zero-order valence-electron chi connectivity index (χ0n) is 7.87. The van der Waals surface area contributed by atoms with E-state index in [1.807, 2.05) is 7.05 Å². The molecule has 0 saturated heterocycles. The molecule has 0 aliphatic carbocycles. The molecule has 1 atom stereocenters. The average Bonchev–Trinajstić information content (AvgIpc) is 1.86. The largest absolute Gasteiger partial charge is 0.326 e. The first kappa shape index (κ1) is 11.4. The van der Waals surface area contributed by atoms with Crippen LogP contribution in [0.15, 0.2) is 0 Å². The molecule has 0 aromatic heterocycles. The lowest BCUT2D eigenvalue weighted by molar-refractivity contribution is 0.702. The van der Waals surface area contributed by atoms with E-state index in [1.54, 1.807) is 0 Å². The Morgan fingerprint density at radius 2 is 1.82 bits per heavy atom. The quantitative estimate of drug-likeness (QED) is 0.397. The first-order valence-electron chi connectivity index (χ1n) is 4.00. The molecule has 0 amide bonds. The number of hydrogen-bond acceptors (Lipinski definition) is 2. The van der Waals surface area contributed by atoms with Crippen molar-refractivity contribution in [2.24, 2.45) is 0 Å². The predicted octanol–water partition coefficient (Wildman–Crippen LogP) is 1.05. The molecule has 11 heavy (non-hydrogen) atoms. The van der Waals surface area contributed by atoms with E-state index < -0.39 is 8.27 Å². The van der Waals surface area contributed by atoms with Crippen molar-refractivity contribution in [2.75, 3.05) is 20.1 Å². The van der Waals surface area contributed by atoms with Gasteiger partial charge in [0.15, 0.2) is 0 Å². The minimum absolute atomic E-state index is 0.273. The van der Waals surface area contributed by atoms with Gasteiger partial charge in [-0.3, -0.25) is 0 Å². The molecule has 0 fully saturated rings. The Balaban J connectivity index is 3.44. The predicted molar refractivity (Wildman–Crippen MR) is 54.6 cm³/mol. The van der Waals surface area contributed by atoms with Crippen LogP contribution in [0.25, 0.3) is 0 Å². The highest BCUT2D eigenvalue weighted by atomic mass is 35.6. The summed E-state index contributed by atoms with van der Waals surface area (Å²) in [6, 6.07) is 0. The molecule has 1 unspecified atom stereocenters. The highest BCUT2D eigenvalue weighted by Crippen LogP contribution is 2.26. The molecule has 0 aliphatic heterocycles. The maximum absolute atomic E-state index is 6.19. The van der Waals surface area contributed by atoms with Crippen LogP contribution in [0, 0.1) is 0 Å². The summed E-state index contributed by atoms with van der Waals surface area (Å²) in [6.07, 6.45) is 0. The lowest BCUT2D eigenvalue weighted by Crippen LogP contribution is -2.40. The topological polar surface area (TPSA) is 24.1 Å². The summed E-state index contributed by atoms with van der Waals surface area (Å²) in [6.45, 7) is 8.52. The summed E-state index contributed by atoms with van der Waals surface area (Å²) >= 11 is 6.19. The summed E-state index contributed by atoms with van der Waals surface area (Å²) in [7, 11) is 0.708. The lowest BCUT2D eigenvalue weighted by Gasteiger charge is -2.23. The van der Waals surface area contributed by atoms with Crippen molar-refractivity contribution in [3.8, 4) is 0 Å². The van der Waals surface area contributed by atoms with Gasteiger partial charge in [0, 0.05) is 13.1 Å². The van der Waals surface area contributed by atoms with Crippen LogP contribution in [0.4, 0.5) is 0 Å². The van der Waals surface area contributed by atoms with E-state index in [4.69, 9.17) is 11.1 Å². The van der Waals surface area contributed by atoms with Gasteiger partial charge in [0.1, 0.15) is 0 Å². The molecule has 0 aromatic carbocycles. The van der Waals surface area contributed by atoms with Crippen LogP contribution < -0.4 is 10.3 Å². The van der Waals surface area contributed by atoms with Gasteiger partial charge in [0.2, 0.25) is 8.27 Å². The monoisotopic (exact) mass is 194 g/mol. The van der Waals surface area contributed by atoms with E-state index in [0.29, 0.717) is 0 Å². The van der Waals surface area contributed by atoms with E-state index in [-0.39, 0.29) is 5.04 Å². The Kier molecular flexibility index (Phi) is 5.34. The Hall–Kier alpha value is 0.427. The number of hydrogen-bond donors (Lipinski definition) is 2. The normalized spacial score (nSPS) is 15.0. The number of rotatable bonds is 4. The van der Waals surface area contributed by atoms with Gasteiger partial charge in [-0.05, 0) is 12.1 Å². The zero-order valence-corrected chi connectivity index (χ0v) is 9.78. The third-order valence-electron chi connectivity index (χ3n) is 1.46. The van der Waals surface area contributed by atoms with Gasteiger partial charge in [0.25, 0.3) is 0 Å². The number of nitrogens with one attached hydrogen (secondary N) is 2. The fourth-order valence-corrected chi connectivity index (χ4v) is 1.97. The van der Waals surface area contributed by atoms with Gasteiger partial charge >= 0.3 is 0 Å². The van der Waals surface area contributed by atoms with Crippen LogP contribution in [0.2, 0.25) is 5.04 Å². The highest BCUT2D eigenvalue weighted by Gasteiger charge is 2.23. The van der Waals surface area contributed by atoms with Crippen molar-refractivity contribution in [2.45, 2.75) is 25.8 Å². The standard InChI is InChI=1S/C7H19ClN2Si/c1-7(2,3)11(8)10-6-5-9-4/h9-11H,5-6H2,1-4H3. The average molecular weight is 195 g/mol.